The number of hydrogen-bond acceptors (Lipinski definition) is 4. The molecule has 1 heterocycles. The quantitative estimate of drug-likeness (QED) is 0.577. The summed E-state index contributed by atoms with van der Waals surface area (Å²) in [4.78, 5) is 41.3. The van der Waals surface area contributed by atoms with Crippen LogP contribution in [0.3, 0.4) is 0 Å². The van der Waals surface area contributed by atoms with Crippen LogP contribution in [-0.4, -0.2) is 24.8 Å². The fourth-order valence-corrected chi connectivity index (χ4v) is 3.87. The molecule has 0 radical (unpaired) electrons. The van der Waals surface area contributed by atoms with Crippen molar-refractivity contribution in [2.45, 2.75) is 6.92 Å². The first-order chi connectivity index (χ1) is 15.4. The first-order valence-electron chi connectivity index (χ1n) is 9.93. The molecule has 0 unspecified atom stereocenters. The average molecular weight is 446 g/mol. The number of benzene rings is 3. The number of imide groups is 1. The molecule has 0 saturated heterocycles. The van der Waals surface area contributed by atoms with E-state index in [1.54, 1.807) is 60.5 Å². The Hall–Kier alpha value is -3.90. The van der Waals surface area contributed by atoms with Crippen LogP contribution in [0.5, 0.6) is 0 Å². The maximum atomic E-state index is 13.6. The van der Waals surface area contributed by atoms with Gasteiger partial charge in [0.15, 0.2) is 0 Å². The minimum atomic E-state index is -0.465. The van der Waals surface area contributed by atoms with Gasteiger partial charge in [-0.05, 0) is 42.0 Å². The number of carbonyl (C=O) groups excluding carboxylic acids is 3. The lowest BCUT2D eigenvalue weighted by Crippen LogP contribution is -2.34. The van der Waals surface area contributed by atoms with Gasteiger partial charge in [0.1, 0.15) is 5.70 Å². The average Bonchev–Trinajstić information content (AvgIpc) is 3.04. The third kappa shape index (κ3) is 3.88. The Morgan fingerprint density at radius 3 is 2.12 bits per heavy atom. The highest BCUT2D eigenvalue weighted by Gasteiger charge is 2.42. The number of halogens is 1. The lowest BCUT2D eigenvalue weighted by Gasteiger charge is -2.22. The van der Waals surface area contributed by atoms with Crippen molar-refractivity contribution in [3.63, 3.8) is 0 Å². The number of likely N-dealkylation sites (N-methyl/N-ethyl adjacent to an activating group) is 1. The highest BCUT2D eigenvalue weighted by Crippen LogP contribution is 2.38. The fourth-order valence-electron chi connectivity index (χ4n) is 3.65. The van der Waals surface area contributed by atoms with Gasteiger partial charge in [-0.2, -0.15) is 0 Å². The predicted molar refractivity (Wildman–Crippen MR) is 126 cm³/mol. The first-order valence-corrected chi connectivity index (χ1v) is 10.3. The Bertz CT molecular complexity index is 1240. The van der Waals surface area contributed by atoms with E-state index >= 15 is 0 Å². The third-order valence-corrected chi connectivity index (χ3v) is 5.45. The number of carbonyl (C=O) groups is 3. The number of para-hydroxylation sites is 2. The smallest absolute Gasteiger partial charge is 0.282 e. The van der Waals surface area contributed by atoms with Crippen LogP contribution in [0, 0.1) is 0 Å². The number of amides is 3. The van der Waals surface area contributed by atoms with Crippen molar-refractivity contribution < 1.29 is 14.4 Å². The van der Waals surface area contributed by atoms with Gasteiger partial charge in [0, 0.05) is 25.3 Å². The Morgan fingerprint density at radius 1 is 0.875 bits per heavy atom. The molecular formula is C25H20ClN3O3. The molecule has 0 aromatic heterocycles. The Kier molecular flexibility index (Phi) is 5.79. The summed E-state index contributed by atoms with van der Waals surface area (Å²) in [6.07, 6.45) is 0. The second-order valence-corrected chi connectivity index (χ2v) is 7.68. The molecule has 0 bridgehead atoms. The minimum absolute atomic E-state index is 0.196. The minimum Gasteiger partial charge on any atom is -0.339 e. The van der Waals surface area contributed by atoms with Crippen molar-refractivity contribution in [3.8, 4) is 0 Å². The van der Waals surface area contributed by atoms with Crippen molar-refractivity contribution in [2.24, 2.45) is 0 Å². The summed E-state index contributed by atoms with van der Waals surface area (Å²) in [5.41, 5.74) is 2.75. The third-order valence-electron chi connectivity index (χ3n) is 5.13. The van der Waals surface area contributed by atoms with E-state index in [9.17, 15) is 14.4 Å². The monoisotopic (exact) mass is 445 g/mol. The molecule has 160 valence electrons. The lowest BCUT2D eigenvalue weighted by molar-refractivity contribution is -0.120. The van der Waals surface area contributed by atoms with E-state index in [1.165, 1.54) is 6.92 Å². The summed E-state index contributed by atoms with van der Waals surface area (Å²) < 4.78 is 0. The van der Waals surface area contributed by atoms with Crippen LogP contribution >= 0.6 is 11.6 Å². The van der Waals surface area contributed by atoms with Gasteiger partial charge in [-0.1, -0.05) is 54.1 Å². The van der Waals surface area contributed by atoms with Gasteiger partial charge in [-0.3, -0.25) is 14.4 Å². The number of anilines is 3. The van der Waals surface area contributed by atoms with Crippen LogP contribution in [0.1, 0.15) is 12.5 Å². The molecule has 0 aliphatic carbocycles. The van der Waals surface area contributed by atoms with E-state index in [2.05, 4.69) is 5.32 Å². The number of hydrogen-bond donors (Lipinski definition) is 1. The molecule has 0 saturated carbocycles. The van der Waals surface area contributed by atoms with Crippen LogP contribution in [0.4, 0.5) is 17.1 Å². The van der Waals surface area contributed by atoms with Gasteiger partial charge >= 0.3 is 0 Å². The summed E-state index contributed by atoms with van der Waals surface area (Å²) in [7, 11) is 1.75. The van der Waals surface area contributed by atoms with Gasteiger partial charge in [-0.15, -0.1) is 0 Å². The van der Waals surface area contributed by atoms with E-state index in [0.29, 0.717) is 22.0 Å². The van der Waals surface area contributed by atoms with Gasteiger partial charge in [0.05, 0.1) is 16.3 Å². The fraction of sp³-hybridized carbons (Fsp3) is 0.0800. The second-order valence-electron chi connectivity index (χ2n) is 7.27. The van der Waals surface area contributed by atoms with Gasteiger partial charge < -0.3 is 10.2 Å². The lowest BCUT2D eigenvalue weighted by atomic mass is 10.0. The summed E-state index contributed by atoms with van der Waals surface area (Å²) in [6, 6.07) is 22.9. The zero-order chi connectivity index (χ0) is 22.8. The van der Waals surface area contributed by atoms with E-state index in [-0.39, 0.29) is 17.2 Å². The molecule has 1 aliphatic heterocycles. The Balaban J connectivity index is 1.85. The zero-order valence-corrected chi connectivity index (χ0v) is 18.3. The Morgan fingerprint density at radius 2 is 1.50 bits per heavy atom. The zero-order valence-electron chi connectivity index (χ0n) is 17.5. The van der Waals surface area contributed by atoms with Crippen molar-refractivity contribution in [2.75, 3.05) is 22.2 Å². The maximum Gasteiger partial charge on any atom is 0.282 e. The predicted octanol–water partition coefficient (Wildman–Crippen LogP) is 4.72. The van der Waals surface area contributed by atoms with Crippen LogP contribution in [0.2, 0.25) is 5.02 Å². The van der Waals surface area contributed by atoms with Crippen molar-refractivity contribution in [3.05, 3.63) is 95.1 Å². The molecule has 7 heteroatoms. The normalized spacial score (nSPS) is 13.5. The van der Waals surface area contributed by atoms with Crippen LogP contribution in [0.15, 0.2) is 84.6 Å². The molecule has 4 rings (SSSR count). The molecular weight excluding hydrogens is 426 g/mol. The molecule has 0 spiro atoms. The molecule has 3 amide bonds. The summed E-state index contributed by atoms with van der Waals surface area (Å²) >= 11 is 6.32. The van der Waals surface area contributed by atoms with E-state index < -0.39 is 11.8 Å². The van der Waals surface area contributed by atoms with Gasteiger partial charge in [0.2, 0.25) is 5.91 Å². The van der Waals surface area contributed by atoms with Gasteiger partial charge in [0.25, 0.3) is 11.8 Å². The standard InChI is InChI=1S/C25H20ClN3O3/c1-16(30)27-18-14-12-17(13-15-18)22-23(28(2)19-8-4-3-5-9-19)25(32)29(24(22)31)21-11-7-6-10-20(21)26/h3-15H,1-2H3,(H,27,30). The first kappa shape index (κ1) is 21.3. The largest absolute Gasteiger partial charge is 0.339 e. The summed E-state index contributed by atoms with van der Waals surface area (Å²) in [5, 5.41) is 3.00. The van der Waals surface area contributed by atoms with Crippen molar-refractivity contribution >= 4 is 52.0 Å². The highest BCUT2D eigenvalue weighted by molar-refractivity contribution is 6.48. The Labute approximate surface area is 190 Å². The second kappa shape index (κ2) is 8.69. The van der Waals surface area contributed by atoms with Crippen LogP contribution in [0.25, 0.3) is 5.57 Å². The highest BCUT2D eigenvalue weighted by atomic mass is 35.5. The molecule has 32 heavy (non-hydrogen) atoms. The van der Waals surface area contributed by atoms with Gasteiger partial charge in [-0.25, -0.2) is 4.90 Å². The van der Waals surface area contributed by atoms with E-state index in [1.807, 2.05) is 30.3 Å². The summed E-state index contributed by atoms with van der Waals surface area (Å²) in [6.45, 7) is 1.42. The summed E-state index contributed by atoms with van der Waals surface area (Å²) in [5.74, 6) is -1.12. The van der Waals surface area contributed by atoms with Crippen molar-refractivity contribution in [1.82, 2.24) is 0 Å². The molecule has 1 aliphatic rings. The number of nitrogens with zero attached hydrogens (tertiary/aromatic N) is 2. The molecule has 1 N–H and O–H groups in total. The molecule has 3 aromatic rings. The topological polar surface area (TPSA) is 69.7 Å². The number of nitrogens with one attached hydrogen (secondary N) is 1. The molecule has 3 aromatic carbocycles. The van der Waals surface area contributed by atoms with Crippen LogP contribution in [-0.2, 0) is 14.4 Å². The molecule has 0 atom stereocenters. The van der Waals surface area contributed by atoms with E-state index in [0.717, 1.165) is 10.6 Å². The molecule has 0 fully saturated rings. The van der Waals surface area contributed by atoms with Crippen molar-refractivity contribution in [1.29, 1.82) is 0 Å². The SMILES string of the molecule is CC(=O)Nc1ccc(C2=C(N(C)c3ccccc3)C(=O)N(c3ccccc3Cl)C2=O)cc1. The maximum absolute atomic E-state index is 13.6. The van der Waals surface area contributed by atoms with E-state index in [4.69, 9.17) is 11.6 Å². The van der Waals surface area contributed by atoms with Crippen LogP contribution < -0.4 is 15.1 Å². The number of rotatable bonds is 5. The molecule has 6 nitrogen and oxygen atoms in total.